The van der Waals surface area contributed by atoms with Crippen molar-refractivity contribution in [3.8, 4) is 33.6 Å². The van der Waals surface area contributed by atoms with E-state index in [0.29, 0.717) is 33.6 Å². The van der Waals surface area contributed by atoms with E-state index in [-0.39, 0.29) is 43.0 Å². The molecule has 10 heteroatoms. The maximum Gasteiger partial charge on any atom is 0.311 e. The van der Waals surface area contributed by atoms with Crippen LogP contribution in [0.5, 0.6) is 0 Å². The van der Waals surface area contributed by atoms with E-state index in [1.54, 1.807) is 69.6 Å². The number of hydrogen-bond acceptors (Lipinski definition) is 6. The highest BCUT2D eigenvalue weighted by Crippen LogP contribution is 2.35. The lowest BCUT2D eigenvalue weighted by atomic mass is 9.95. The van der Waals surface area contributed by atoms with Crippen LogP contribution in [0.15, 0.2) is 79.1 Å². The molecule has 4 aromatic carbocycles. The van der Waals surface area contributed by atoms with E-state index < -0.39 is 11.2 Å². The van der Waals surface area contributed by atoms with Crippen molar-refractivity contribution in [3.05, 3.63) is 119 Å². The largest absolute Gasteiger partial charge is 0.460 e. The number of aryl methyl sites for hydroxylation is 2. The Morgan fingerprint density at radius 1 is 0.788 bits per heavy atom. The zero-order valence-corrected chi connectivity index (χ0v) is 31.3. The molecule has 5 aromatic rings. The normalized spacial score (nSPS) is 11.3. The molecule has 1 amide bonds. The molecule has 52 heavy (non-hydrogen) atoms. The number of esters is 1. The molecule has 274 valence electrons. The topological polar surface area (TPSA) is 106 Å². The molecule has 0 aliphatic heterocycles. The molecule has 0 fully saturated rings. The van der Waals surface area contributed by atoms with Crippen molar-refractivity contribution in [2.45, 2.75) is 87.6 Å². The molecule has 0 saturated heterocycles. The van der Waals surface area contributed by atoms with Gasteiger partial charge in [-0.15, -0.1) is 10.2 Å². The molecule has 5 rings (SSSR count). The number of benzene rings is 4. The Hall–Kier alpha value is -5.22. The second-order valence-electron chi connectivity index (χ2n) is 14.5. The first-order valence-corrected chi connectivity index (χ1v) is 17.3. The van der Waals surface area contributed by atoms with Crippen molar-refractivity contribution in [1.82, 2.24) is 20.1 Å². The molecule has 8 nitrogen and oxygen atoms in total. The average Bonchev–Trinajstić information content (AvgIpc) is 3.59. The second-order valence-corrected chi connectivity index (χ2v) is 14.5. The van der Waals surface area contributed by atoms with Gasteiger partial charge in [-0.25, -0.2) is 8.78 Å². The van der Waals surface area contributed by atoms with Crippen LogP contribution in [0.1, 0.15) is 87.1 Å². The van der Waals surface area contributed by atoms with Crippen molar-refractivity contribution in [3.63, 3.8) is 0 Å². The molecular weight excluding hydrogens is 662 g/mol. The number of aliphatic hydroxyl groups excluding tert-OH is 1. The van der Waals surface area contributed by atoms with E-state index in [2.05, 4.69) is 15.5 Å². The molecular formula is C42H48F2N4O4. The molecule has 1 aromatic heterocycles. The molecule has 0 spiro atoms. The Kier molecular flexibility index (Phi) is 12.8. The van der Waals surface area contributed by atoms with E-state index in [1.807, 2.05) is 64.3 Å². The Morgan fingerprint density at radius 3 is 1.92 bits per heavy atom. The Balaban J connectivity index is 0.000000235. The van der Waals surface area contributed by atoms with Crippen molar-refractivity contribution in [2.24, 2.45) is 5.41 Å². The Labute approximate surface area is 304 Å². The van der Waals surface area contributed by atoms with Crippen LogP contribution in [0.25, 0.3) is 33.6 Å². The van der Waals surface area contributed by atoms with Gasteiger partial charge in [-0.2, -0.15) is 0 Å². The fourth-order valence-corrected chi connectivity index (χ4v) is 5.42. The first kappa shape index (κ1) is 39.6. The van der Waals surface area contributed by atoms with Gasteiger partial charge in [0.2, 0.25) is 0 Å². The number of hydrogen-bond donors (Lipinski definition) is 2. The van der Waals surface area contributed by atoms with Crippen molar-refractivity contribution in [2.75, 3.05) is 0 Å². The van der Waals surface area contributed by atoms with Gasteiger partial charge in [-0.1, -0.05) is 47.5 Å². The summed E-state index contributed by atoms with van der Waals surface area (Å²) in [6, 6.07) is 20.5. The summed E-state index contributed by atoms with van der Waals surface area (Å²) in [5.74, 6) is -0.633. The molecule has 0 saturated carbocycles. The summed E-state index contributed by atoms with van der Waals surface area (Å²) in [4.78, 5) is 24.8. The smallest absolute Gasteiger partial charge is 0.311 e. The number of aliphatic hydroxyl groups is 1. The van der Waals surface area contributed by atoms with Gasteiger partial charge in [0.15, 0.2) is 5.82 Å². The average molecular weight is 711 g/mol. The molecule has 0 aliphatic carbocycles. The third-order valence-corrected chi connectivity index (χ3v) is 8.19. The van der Waals surface area contributed by atoms with Gasteiger partial charge in [0, 0.05) is 34.3 Å². The van der Waals surface area contributed by atoms with E-state index in [1.165, 1.54) is 12.1 Å². The SMILES string of the molecule is Cc1ccc(F)c(-c2ccc(CO)cc2-c2nncn2C(C)C)c1.Cc1ccc(F)c(-c2ccc(COC(=O)C(C)(C)C)cc2C(=O)NC(C)C)c1. The van der Waals surface area contributed by atoms with Crippen molar-refractivity contribution < 1.29 is 28.2 Å². The number of nitrogens with one attached hydrogen (secondary N) is 1. The first-order chi connectivity index (χ1) is 24.5. The summed E-state index contributed by atoms with van der Waals surface area (Å²) in [5, 5.41) is 20.6. The number of carbonyl (C=O) groups is 2. The number of aromatic nitrogens is 3. The van der Waals surface area contributed by atoms with Gasteiger partial charge < -0.3 is 19.7 Å². The highest BCUT2D eigenvalue weighted by Gasteiger charge is 2.24. The van der Waals surface area contributed by atoms with Gasteiger partial charge in [0.25, 0.3) is 5.91 Å². The molecule has 0 atom stereocenters. The lowest BCUT2D eigenvalue weighted by Crippen LogP contribution is -2.30. The maximum atomic E-state index is 14.4. The number of carbonyl (C=O) groups excluding carboxylic acids is 2. The molecule has 0 bridgehead atoms. The zero-order chi connectivity index (χ0) is 38.3. The van der Waals surface area contributed by atoms with Crippen molar-refractivity contribution in [1.29, 1.82) is 0 Å². The molecule has 0 unspecified atom stereocenters. The van der Waals surface area contributed by atoms with Crippen LogP contribution in [0.4, 0.5) is 8.78 Å². The van der Waals surface area contributed by atoms with Crippen LogP contribution in [0, 0.1) is 30.9 Å². The van der Waals surface area contributed by atoms with Crippen LogP contribution >= 0.6 is 0 Å². The van der Waals surface area contributed by atoms with E-state index in [0.717, 1.165) is 27.8 Å². The quantitative estimate of drug-likeness (QED) is 0.148. The lowest BCUT2D eigenvalue weighted by molar-refractivity contribution is -0.154. The van der Waals surface area contributed by atoms with Crippen LogP contribution in [0.3, 0.4) is 0 Å². The highest BCUT2D eigenvalue weighted by atomic mass is 19.1. The first-order valence-electron chi connectivity index (χ1n) is 17.3. The number of rotatable bonds is 9. The molecule has 0 radical (unpaired) electrons. The lowest BCUT2D eigenvalue weighted by Gasteiger charge is -2.18. The third-order valence-electron chi connectivity index (χ3n) is 8.19. The minimum absolute atomic E-state index is 0.0502. The second kappa shape index (κ2) is 16.9. The zero-order valence-electron chi connectivity index (χ0n) is 31.3. The summed E-state index contributed by atoms with van der Waals surface area (Å²) in [7, 11) is 0. The number of amides is 1. The molecule has 0 aliphatic rings. The minimum Gasteiger partial charge on any atom is -0.460 e. The highest BCUT2D eigenvalue weighted by molar-refractivity contribution is 6.01. The Bertz CT molecular complexity index is 2050. The van der Waals surface area contributed by atoms with Gasteiger partial charge >= 0.3 is 5.97 Å². The number of ether oxygens (including phenoxy) is 1. The fraction of sp³-hybridized carbons (Fsp3) is 0.333. The van der Waals surface area contributed by atoms with Crippen LogP contribution in [0.2, 0.25) is 0 Å². The van der Waals surface area contributed by atoms with Crippen LogP contribution in [-0.4, -0.2) is 37.8 Å². The number of halogens is 2. The fourth-order valence-electron chi connectivity index (χ4n) is 5.42. The van der Waals surface area contributed by atoms with Gasteiger partial charge in [-0.3, -0.25) is 9.59 Å². The summed E-state index contributed by atoms with van der Waals surface area (Å²) in [6.07, 6.45) is 1.67. The minimum atomic E-state index is -0.609. The summed E-state index contributed by atoms with van der Waals surface area (Å²) in [5.41, 5.74) is 5.93. The maximum absolute atomic E-state index is 14.4. The predicted octanol–water partition coefficient (Wildman–Crippen LogP) is 9.16. The summed E-state index contributed by atoms with van der Waals surface area (Å²) >= 11 is 0. The van der Waals surface area contributed by atoms with Crippen LogP contribution < -0.4 is 5.32 Å². The van der Waals surface area contributed by atoms with Gasteiger partial charge in [0.1, 0.15) is 24.6 Å². The number of nitrogens with zero attached hydrogens (tertiary/aromatic N) is 3. The van der Waals surface area contributed by atoms with Crippen LogP contribution in [-0.2, 0) is 22.7 Å². The Morgan fingerprint density at radius 2 is 1.37 bits per heavy atom. The van der Waals surface area contributed by atoms with E-state index in [9.17, 15) is 23.5 Å². The van der Waals surface area contributed by atoms with Crippen molar-refractivity contribution >= 4 is 11.9 Å². The standard InChI is InChI=1S/C23H28FNO3.C19H20FN3O/c1-14(2)25-21(26)19-12-16(13-28-22(27)23(4,5)6)8-9-17(19)18-11-15(3)7-10-20(18)24;1-12(2)23-11-21-22-19(23)17-9-14(10-24)5-6-15(17)16-8-13(3)4-7-18(16)20/h7-12,14H,13H2,1-6H3,(H,25,26);4-9,11-12,24H,10H2,1-3H3. The van der Waals surface area contributed by atoms with E-state index >= 15 is 0 Å². The molecule has 1 heterocycles. The van der Waals surface area contributed by atoms with Gasteiger partial charge in [-0.05, 0) is 121 Å². The summed E-state index contributed by atoms with van der Waals surface area (Å²) < 4.78 is 36.2. The third kappa shape index (κ3) is 9.76. The van der Waals surface area contributed by atoms with E-state index in [4.69, 9.17) is 4.74 Å². The summed E-state index contributed by atoms with van der Waals surface area (Å²) in [6.45, 7) is 16.9. The molecule has 2 N–H and O–H groups in total. The van der Waals surface area contributed by atoms with Gasteiger partial charge in [0.05, 0.1) is 12.0 Å². The predicted molar refractivity (Wildman–Crippen MR) is 200 cm³/mol. The monoisotopic (exact) mass is 710 g/mol.